The van der Waals surface area contributed by atoms with Crippen LogP contribution in [0.2, 0.25) is 0 Å². The van der Waals surface area contributed by atoms with E-state index in [1.165, 1.54) is 6.07 Å². The largest absolute Gasteiger partial charge is 0.296 e. The van der Waals surface area contributed by atoms with Crippen LogP contribution in [0, 0.1) is 5.95 Å². The average molecular weight is 316 g/mol. The van der Waals surface area contributed by atoms with Crippen LogP contribution in [-0.4, -0.2) is 31.5 Å². The van der Waals surface area contributed by atoms with Crippen LogP contribution in [0.15, 0.2) is 12.1 Å². The van der Waals surface area contributed by atoms with Crippen LogP contribution in [0.1, 0.15) is 30.0 Å². The highest BCUT2D eigenvalue weighted by atomic mass is 32.2. The fraction of sp³-hybridized carbons (Fsp3) is 0.417. The van der Waals surface area contributed by atoms with Crippen LogP contribution >= 0.6 is 0 Å². The third-order valence-electron chi connectivity index (χ3n) is 2.91. The first-order valence-corrected chi connectivity index (χ1v) is 7.91. The van der Waals surface area contributed by atoms with Gasteiger partial charge in [0.05, 0.1) is 24.5 Å². The molecule has 0 radical (unpaired) electrons. The fourth-order valence-corrected chi connectivity index (χ4v) is 2.34. The molecule has 2 rings (SSSR count). The Morgan fingerprint density at radius 1 is 1.43 bits per heavy atom. The van der Waals surface area contributed by atoms with E-state index in [2.05, 4.69) is 14.5 Å². The van der Waals surface area contributed by atoms with E-state index < -0.39 is 27.9 Å². The van der Waals surface area contributed by atoms with Crippen LogP contribution < -0.4 is 5.32 Å². The van der Waals surface area contributed by atoms with Crippen LogP contribution in [0.5, 0.6) is 0 Å². The van der Waals surface area contributed by atoms with E-state index in [0.29, 0.717) is 0 Å². The minimum atomic E-state index is -3.66. The molecule has 1 unspecified atom stereocenters. The van der Waals surface area contributed by atoms with Crippen molar-refractivity contribution >= 4 is 21.9 Å². The molecule has 0 aliphatic carbocycles. The van der Waals surface area contributed by atoms with Gasteiger partial charge in [0, 0.05) is 6.42 Å². The van der Waals surface area contributed by atoms with Crippen molar-refractivity contribution in [3.8, 4) is 0 Å². The monoisotopic (exact) mass is 316 g/mol. The summed E-state index contributed by atoms with van der Waals surface area (Å²) in [5.74, 6) is -2.51. The lowest BCUT2D eigenvalue weighted by atomic mass is 9.93. The second-order valence-corrected chi connectivity index (χ2v) is 6.34. The van der Waals surface area contributed by atoms with Gasteiger partial charge in [0.1, 0.15) is 0 Å². The number of rotatable bonds is 4. The van der Waals surface area contributed by atoms with Gasteiger partial charge in [-0.2, -0.15) is 12.8 Å². The van der Waals surface area contributed by atoms with E-state index in [4.69, 9.17) is 0 Å². The number of nitrogens with zero attached hydrogens (tertiary/aromatic N) is 1. The van der Waals surface area contributed by atoms with Gasteiger partial charge in [0.2, 0.25) is 17.8 Å². The van der Waals surface area contributed by atoms with Crippen molar-refractivity contribution in [2.75, 3.05) is 6.26 Å². The Morgan fingerprint density at radius 2 is 2.14 bits per heavy atom. The number of hydrogen-bond acceptors (Lipinski definition) is 6. The maximum Gasteiger partial charge on any atom is 0.264 e. The molecule has 1 saturated heterocycles. The summed E-state index contributed by atoms with van der Waals surface area (Å²) in [5.41, 5.74) is 0.389. The minimum absolute atomic E-state index is 0.143. The lowest BCUT2D eigenvalue weighted by Crippen LogP contribution is -2.39. The second-order valence-electron chi connectivity index (χ2n) is 4.69. The summed E-state index contributed by atoms with van der Waals surface area (Å²) in [6.07, 6.45) is 1.25. The van der Waals surface area contributed by atoms with Gasteiger partial charge in [0.25, 0.3) is 10.1 Å². The molecule has 0 aromatic carbocycles. The molecule has 114 valence electrons. The molecule has 1 fully saturated rings. The summed E-state index contributed by atoms with van der Waals surface area (Å²) in [5, 5.41) is 2.16. The van der Waals surface area contributed by atoms with Gasteiger partial charge in [-0.1, -0.05) is 0 Å². The summed E-state index contributed by atoms with van der Waals surface area (Å²) in [7, 11) is -3.66. The zero-order valence-electron chi connectivity index (χ0n) is 11.1. The second kappa shape index (κ2) is 5.86. The summed E-state index contributed by atoms with van der Waals surface area (Å²) in [6, 6.07) is 2.43. The lowest BCUT2D eigenvalue weighted by Gasteiger charge is -2.20. The van der Waals surface area contributed by atoms with Gasteiger partial charge >= 0.3 is 0 Å². The summed E-state index contributed by atoms with van der Waals surface area (Å²) in [4.78, 5) is 26.4. The van der Waals surface area contributed by atoms with E-state index in [1.54, 1.807) is 0 Å². The molecule has 1 aromatic heterocycles. The minimum Gasteiger partial charge on any atom is -0.296 e. The van der Waals surface area contributed by atoms with E-state index in [0.717, 1.165) is 12.3 Å². The van der Waals surface area contributed by atoms with Crippen LogP contribution in [-0.2, 0) is 30.5 Å². The van der Waals surface area contributed by atoms with Gasteiger partial charge in [-0.15, -0.1) is 0 Å². The average Bonchev–Trinajstić information content (AvgIpc) is 2.35. The molecule has 2 heterocycles. The van der Waals surface area contributed by atoms with Crippen LogP contribution in [0.25, 0.3) is 0 Å². The number of piperidine rings is 1. The van der Waals surface area contributed by atoms with Crippen LogP contribution in [0.4, 0.5) is 4.39 Å². The number of halogens is 1. The molecule has 9 heteroatoms. The molecule has 1 atom stereocenters. The number of imide groups is 1. The first-order chi connectivity index (χ1) is 9.74. The predicted molar refractivity (Wildman–Crippen MR) is 69.0 cm³/mol. The van der Waals surface area contributed by atoms with Gasteiger partial charge in [-0.05, 0) is 24.1 Å². The first kappa shape index (κ1) is 15.5. The third-order valence-corrected chi connectivity index (χ3v) is 3.46. The first-order valence-electron chi connectivity index (χ1n) is 6.09. The van der Waals surface area contributed by atoms with Crippen molar-refractivity contribution in [3.05, 3.63) is 29.3 Å². The Morgan fingerprint density at radius 3 is 2.76 bits per heavy atom. The highest BCUT2D eigenvalue weighted by Crippen LogP contribution is 2.24. The Hall–Kier alpha value is -1.87. The number of nitrogens with one attached hydrogen (secondary N) is 1. The van der Waals surface area contributed by atoms with Gasteiger partial charge in [0.15, 0.2) is 0 Å². The van der Waals surface area contributed by atoms with E-state index >= 15 is 0 Å². The predicted octanol–water partition coefficient (Wildman–Crippen LogP) is 0.217. The van der Waals surface area contributed by atoms with Crippen molar-refractivity contribution in [3.63, 3.8) is 0 Å². The summed E-state index contributed by atoms with van der Waals surface area (Å²) in [6.45, 7) is -0.349. The molecule has 2 amide bonds. The van der Waals surface area contributed by atoms with Crippen molar-refractivity contribution in [1.29, 1.82) is 0 Å². The van der Waals surface area contributed by atoms with Gasteiger partial charge in [-0.3, -0.25) is 19.1 Å². The topological polar surface area (TPSA) is 102 Å². The number of carbonyl (C=O) groups excluding carboxylic acids is 2. The van der Waals surface area contributed by atoms with E-state index in [1.807, 2.05) is 0 Å². The molecule has 0 spiro atoms. The van der Waals surface area contributed by atoms with Gasteiger partial charge in [-0.25, -0.2) is 4.98 Å². The molecular weight excluding hydrogens is 303 g/mol. The third kappa shape index (κ3) is 4.30. The summed E-state index contributed by atoms with van der Waals surface area (Å²) < 4.78 is 39.9. The molecule has 0 bridgehead atoms. The zero-order chi connectivity index (χ0) is 15.6. The maximum absolute atomic E-state index is 13.5. The standard InChI is InChI=1S/C12H13FN2O5S/c1-21(18,19)20-6-7-4-9(14-10(13)5-7)8-2-3-11(16)15-12(8)17/h4-5,8H,2-3,6H2,1H3,(H,15,16,17). The number of aromatic nitrogens is 1. The quantitative estimate of drug-likeness (QED) is 0.484. The normalized spacial score (nSPS) is 19.4. The Kier molecular flexibility index (Phi) is 4.33. The van der Waals surface area contributed by atoms with Crippen molar-refractivity contribution in [2.45, 2.75) is 25.4 Å². The number of hydrogen-bond donors (Lipinski definition) is 1. The smallest absolute Gasteiger partial charge is 0.264 e. The molecular formula is C12H13FN2O5S. The highest BCUT2D eigenvalue weighted by Gasteiger charge is 2.29. The number of amides is 2. The van der Waals surface area contributed by atoms with Crippen LogP contribution in [0.3, 0.4) is 0 Å². The highest BCUT2D eigenvalue weighted by molar-refractivity contribution is 7.85. The number of pyridine rings is 1. The molecule has 21 heavy (non-hydrogen) atoms. The van der Waals surface area contributed by atoms with Crippen molar-refractivity contribution in [2.24, 2.45) is 0 Å². The Balaban J connectivity index is 2.22. The fourth-order valence-electron chi connectivity index (χ4n) is 1.99. The molecule has 7 nitrogen and oxygen atoms in total. The Labute approximate surface area is 120 Å². The molecule has 1 aliphatic rings. The number of carbonyl (C=O) groups is 2. The maximum atomic E-state index is 13.5. The molecule has 0 saturated carbocycles. The van der Waals surface area contributed by atoms with Crippen molar-refractivity contribution < 1.29 is 26.6 Å². The van der Waals surface area contributed by atoms with E-state index in [9.17, 15) is 22.4 Å². The Bertz CT molecular complexity index is 689. The molecule has 1 aromatic rings. The van der Waals surface area contributed by atoms with E-state index in [-0.39, 0.29) is 36.6 Å². The zero-order valence-corrected chi connectivity index (χ0v) is 11.9. The van der Waals surface area contributed by atoms with Crippen molar-refractivity contribution in [1.82, 2.24) is 10.3 Å². The summed E-state index contributed by atoms with van der Waals surface area (Å²) >= 11 is 0. The van der Waals surface area contributed by atoms with Gasteiger partial charge < -0.3 is 0 Å². The lowest BCUT2D eigenvalue weighted by molar-refractivity contribution is -0.134. The SMILES string of the molecule is CS(=O)(=O)OCc1cc(F)nc(C2CCC(=O)NC2=O)c1. The molecule has 1 aliphatic heterocycles. The molecule has 1 N–H and O–H groups in total.